The summed E-state index contributed by atoms with van der Waals surface area (Å²) in [5.41, 5.74) is 9.28. The Morgan fingerprint density at radius 2 is 2.21 bits per heavy atom. The summed E-state index contributed by atoms with van der Waals surface area (Å²) in [6.45, 7) is 1.86. The van der Waals surface area contributed by atoms with Gasteiger partial charge in [-0.25, -0.2) is 10.2 Å². The molecular weight excluding hydrogens is 186 g/mol. The lowest BCUT2D eigenvalue weighted by atomic mass is 10.2. The second-order valence-electron chi connectivity index (χ2n) is 2.55. The number of carbonyl (C=O) groups is 2. The molecule has 0 spiro atoms. The Morgan fingerprint density at radius 3 is 2.79 bits per heavy atom. The van der Waals surface area contributed by atoms with E-state index in [0.717, 1.165) is 0 Å². The highest BCUT2D eigenvalue weighted by molar-refractivity contribution is 5.95. The molecule has 3 amide bonds. The summed E-state index contributed by atoms with van der Waals surface area (Å²) < 4.78 is 5.04. The molecule has 0 aliphatic heterocycles. The maximum atomic E-state index is 11.3. The maximum Gasteiger partial charge on any atom is 0.330 e. The molecule has 0 saturated heterocycles. The lowest BCUT2D eigenvalue weighted by molar-refractivity contribution is 0.0935. The maximum absolute atomic E-state index is 11.3. The summed E-state index contributed by atoms with van der Waals surface area (Å²) >= 11 is 0. The van der Waals surface area contributed by atoms with E-state index in [9.17, 15) is 9.59 Å². The number of carbonyl (C=O) groups excluding carboxylic acids is 2. The average Bonchev–Trinajstić information content (AvgIpc) is 2.61. The summed E-state index contributed by atoms with van der Waals surface area (Å²) in [5, 5.41) is 0. The third kappa shape index (κ3) is 2.25. The predicted octanol–water partition coefficient (Wildman–Crippen LogP) is 0.155. The number of hydrogen-bond acceptors (Lipinski definition) is 3. The standard InChI is InChI=1S/C8H11N3O3/c1-2-6-5(3-4-14-6)7(12)10-11-8(9)13/h3-4H,2H2,1H3,(H,10,12)(H3,9,11,13). The quantitative estimate of drug-likeness (QED) is 0.589. The Morgan fingerprint density at radius 1 is 1.50 bits per heavy atom. The molecule has 0 aliphatic rings. The first-order valence-corrected chi connectivity index (χ1v) is 4.07. The van der Waals surface area contributed by atoms with Crippen LogP contribution in [0.4, 0.5) is 4.79 Å². The molecule has 1 aromatic heterocycles. The smallest absolute Gasteiger partial charge is 0.330 e. The van der Waals surface area contributed by atoms with Crippen molar-refractivity contribution in [2.24, 2.45) is 5.73 Å². The molecule has 1 rings (SSSR count). The fourth-order valence-electron chi connectivity index (χ4n) is 1.00. The average molecular weight is 197 g/mol. The number of primary amides is 1. The van der Waals surface area contributed by atoms with E-state index in [4.69, 9.17) is 10.2 Å². The van der Waals surface area contributed by atoms with Crippen molar-refractivity contribution in [3.63, 3.8) is 0 Å². The van der Waals surface area contributed by atoms with E-state index in [2.05, 4.69) is 5.43 Å². The molecule has 76 valence electrons. The van der Waals surface area contributed by atoms with E-state index in [0.29, 0.717) is 17.7 Å². The number of urea groups is 1. The van der Waals surface area contributed by atoms with Gasteiger partial charge in [-0.15, -0.1) is 0 Å². The number of hydrogen-bond donors (Lipinski definition) is 3. The third-order valence-electron chi connectivity index (χ3n) is 1.61. The largest absolute Gasteiger partial charge is 0.469 e. The first kappa shape index (κ1) is 10.1. The number of amides is 3. The second-order valence-corrected chi connectivity index (χ2v) is 2.55. The van der Waals surface area contributed by atoms with Crippen LogP contribution in [0.25, 0.3) is 0 Å². The molecule has 0 radical (unpaired) electrons. The summed E-state index contributed by atoms with van der Waals surface area (Å²) in [5.74, 6) is 0.114. The number of hydrazine groups is 1. The molecule has 14 heavy (non-hydrogen) atoms. The highest BCUT2D eigenvalue weighted by Gasteiger charge is 2.12. The monoisotopic (exact) mass is 197 g/mol. The van der Waals surface area contributed by atoms with E-state index in [1.807, 2.05) is 12.3 Å². The number of nitrogens with one attached hydrogen (secondary N) is 2. The van der Waals surface area contributed by atoms with Crippen molar-refractivity contribution in [1.82, 2.24) is 10.9 Å². The fraction of sp³-hybridized carbons (Fsp3) is 0.250. The van der Waals surface area contributed by atoms with E-state index in [-0.39, 0.29) is 0 Å². The molecule has 6 heteroatoms. The van der Waals surface area contributed by atoms with Crippen LogP contribution in [0, 0.1) is 0 Å². The van der Waals surface area contributed by atoms with Crippen LogP contribution in [0.3, 0.4) is 0 Å². The first-order valence-electron chi connectivity index (χ1n) is 4.07. The van der Waals surface area contributed by atoms with Gasteiger partial charge in [-0.3, -0.25) is 10.2 Å². The summed E-state index contributed by atoms with van der Waals surface area (Å²) in [4.78, 5) is 21.6. The molecule has 0 fully saturated rings. The number of nitrogens with two attached hydrogens (primary N) is 1. The van der Waals surface area contributed by atoms with Crippen molar-refractivity contribution >= 4 is 11.9 Å². The van der Waals surface area contributed by atoms with Crippen LogP contribution in [0.2, 0.25) is 0 Å². The normalized spacial score (nSPS) is 9.50. The van der Waals surface area contributed by atoms with Gasteiger partial charge in [0.25, 0.3) is 5.91 Å². The minimum atomic E-state index is -0.820. The van der Waals surface area contributed by atoms with Gasteiger partial charge in [-0.1, -0.05) is 6.92 Å². The van der Waals surface area contributed by atoms with Crippen LogP contribution in [0.1, 0.15) is 23.0 Å². The van der Waals surface area contributed by atoms with Gasteiger partial charge in [0, 0.05) is 6.42 Å². The highest BCUT2D eigenvalue weighted by Crippen LogP contribution is 2.10. The van der Waals surface area contributed by atoms with E-state index < -0.39 is 11.9 Å². The highest BCUT2D eigenvalue weighted by atomic mass is 16.3. The van der Waals surface area contributed by atoms with Gasteiger partial charge < -0.3 is 10.2 Å². The Balaban J connectivity index is 2.64. The molecule has 0 saturated carbocycles. The zero-order chi connectivity index (χ0) is 10.6. The molecule has 6 nitrogen and oxygen atoms in total. The zero-order valence-corrected chi connectivity index (χ0v) is 7.66. The third-order valence-corrected chi connectivity index (χ3v) is 1.61. The molecule has 4 N–H and O–H groups in total. The van der Waals surface area contributed by atoms with Gasteiger partial charge in [0.15, 0.2) is 0 Å². The lowest BCUT2D eigenvalue weighted by Crippen LogP contribution is -2.44. The van der Waals surface area contributed by atoms with Crippen molar-refractivity contribution < 1.29 is 14.0 Å². The molecular formula is C8H11N3O3. The van der Waals surface area contributed by atoms with Crippen molar-refractivity contribution in [3.8, 4) is 0 Å². The zero-order valence-electron chi connectivity index (χ0n) is 7.66. The molecule has 1 aromatic rings. The SMILES string of the molecule is CCc1occc1C(=O)NNC(N)=O. The Kier molecular flexibility index (Phi) is 3.11. The molecule has 1 heterocycles. The van der Waals surface area contributed by atoms with Crippen molar-refractivity contribution in [1.29, 1.82) is 0 Å². The van der Waals surface area contributed by atoms with Crippen LogP contribution in [-0.2, 0) is 6.42 Å². The van der Waals surface area contributed by atoms with Gasteiger partial charge in [0.2, 0.25) is 0 Å². The lowest BCUT2D eigenvalue weighted by Gasteiger charge is -2.03. The van der Waals surface area contributed by atoms with Crippen LogP contribution < -0.4 is 16.6 Å². The molecule has 0 atom stereocenters. The summed E-state index contributed by atoms with van der Waals surface area (Å²) in [6, 6.07) is 0.705. The van der Waals surface area contributed by atoms with E-state index in [1.165, 1.54) is 12.3 Å². The van der Waals surface area contributed by atoms with Crippen LogP contribution in [0.5, 0.6) is 0 Å². The fourth-order valence-corrected chi connectivity index (χ4v) is 1.00. The van der Waals surface area contributed by atoms with Gasteiger partial charge >= 0.3 is 6.03 Å². The van der Waals surface area contributed by atoms with Gasteiger partial charge in [0.05, 0.1) is 11.8 Å². The van der Waals surface area contributed by atoms with E-state index in [1.54, 1.807) is 0 Å². The van der Waals surface area contributed by atoms with Crippen molar-refractivity contribution in [3.05, 3.63) is 23.7 Å². The van der Waals surface area contributed by atoms with E-state index >= 15 is 0 Å². The minimum Gasteiger partial charge on any atom is -0.469 e. The molecule has 0 bridgehead atoms. The van der Waals surface area contributed by atoms with Gasteiger partial charge in [-0.2, -0.15) is 0 Å². The van der Waals surface area contributed by atoms with Gasteiger partial charge in [-0.05, 0) is 6.07 Å². The number of aryl methyl sites for hydroxylation is 1. The van der Waals surface area contributed by atoms with Crippen molar-refractivity contribution in [2.75, 3.05) is 0 Å². The first-order chi connectivity index (χ1) is 6.65. The molecule has 0 aliphatic carbocycles. The van der Waals surface area contributed by atoms with Crippen LogP contribution in [-0.4, -0.2) is 11.9 Å². The summed E-state index contributed by atoms with van der Waals surface area (Å²) in [7, 11) is 0. The van der Waals surface area contributed by atoms with Crippen LogP contribution >= 0.6 is 0 Å². The molecule has 0 aromatic carbocycles. The Labute approximate surface area is 80.4 Å². The number of furan rings is 1. The topological polar surface area (TPSA) is 97.4 Å². The van der Waals surface area contributed by atoms with Crippen molar-refractivity contribution in [2.45, 2.75) is 13.3 Å². The predicted molar refractivity (Wildman–Crippen MR) is 48.3 cm³/mol. The van der Waals surface area contributed by atoms with Gasteiger partial charge in [0.1, 0.15) is 5.76 Å². The van der Waals surface area contributed by atoms with Crippen LogP contribution in [0.15, 0.2) is 16.7 Å². The minimum absolute atomic E-state index is 0.390. The number of rotatable bonds is 2. The molecule has 0 unspecified atom stereocenters. The second kappa shape index (κ2) is 4.31. The Hall–Kier alpha value is -1.98. The Bertz CT molecular complexity index is 345. The summed E-state index contributed by atoms with van der Waals surface area (Å²) in [6.07, 6.45) is 2.02.